The number of hydrogen-bond donors (Lipinski definition) is 0. The average molecular weight is 239 g/mol. The summed E-state index contributed by atoms with van der Waals surface area (Å²) in [6.45, 7) is 1.89. The Morgan fingerprint density at radius 2 is 2.17 bits per heavy atom. The number of ketones is 1. The molecule has 2 aromatic rings. The number of benzene rings is 1. The van der Waals surface area contributed by atoms with E-state index in [1.54, 1.807) is 24.1 Å². The van der Waals surface area contributed by atoms with Crippen LogP contribution >= 0.6 is 0 Å². The minimum Gasteiger partial charge on any atom is -0.340 e. The molecule has 1 heterocycles. The molecule has 0 spiro atoms. The lowest BCUT2D eigenvalue weighted by molar-refractivity contribution is 0.0974. The maximum absolute atomic E-state index is 12.2. The van der Waals surface area contributed by atoms with E-state index in [9.17, 15) is 10.1 Å². The zero-order valence-electron chi connectivity index (χ0n) is 10.3. The minimum absolute atomic E-state index is 0.257. The van der Waals surface area contributed by atoms with Gasteiger partial charge in [0.1, 0.15) is 11.6 Å². The highest BCUT2D eigenvalue weighted by molar-refractivity contribution is 6.01. The Balaban J connectivity index is 2.39. The number of Topliss-reactive ketones (excluding diaryl/α,β-unsaturated/α-hetero) is 1. The van der Waals surface area contributed by atoms with Gasteiger partial charge < -0.3 is 4.57 Å². The number of nitrogens with zero attached hydrogens (tertiary/aromatic N) is 3. The van der Waals surface area contributed by atoms with Crippen molar-refractivity contribution in [2.24, 2.45) is 7.05 Å². The van der Waals surface area contributed by atoms with Crippen LogP contribution in [0.4, 0.5) is 0 Å². The summed E-state index contributed by atoms with van der Waals surface area (Å²) in [6.07, 6.45) is 3.18. The zero-order chi connectivity index (χ0) is 13.1. The van der Waals surface area contributed by atoms with Crippen LogP contribution in [-0.2, 0) is 7.05 Å². The maximum Gasteiger partial charge on any atom is 0.204 e. The maximum atomic E-state index is 12.2. The Hall–Kier alpha value is -2.41. The minimum atomic E-state index is -0.791. The van der Waals surface area contributed by atoms with Crippen molar-refractivity contribution >= 4 is 5.78 Å². The summed E-state index contributed by atoms with van der Waals surface area (Å²) in [5.74, 6) is -1.05. The van der Waals surface area contributed by atoms with Gasteiger partial charge in [0.15, 0.2) is 0 Å². The number of carbonyl (C=O) groups is 1. The molecule has 2 rings (SSSR count). The Morgan fingerprint density at radius 1 is 1.44 bits per heavy atom. The number of rotatable bonds is 3. The topological polar surface area (TPSA) is 58.7 Å². The third kappa shape index (κ3) is 2.16. The molecule has 18 heavy (non-hydrogen) atoms. The van der Waals surface area contributed by atoms with E-state index in [-0.39, 0.29) is 5.78 Å². The standard InChI is InChI=1S/C14H13N3O/c1-10-5-3-4-6-11(10)12(7-15)14(18)13-8-17(2)9-16-13/h3-6,8-9,12H,1-2H3. The highest BCUT2D eigenvalue weighted by atomic mass is 16.1. The molecule has 0 bridgehead atoms. The van der Waals surface area contributed by atoms with Crippen LogP contribution in [-0.4, -0.2) is 15.3 Å². The van der Waals surface area contributed by atoms with E-state index in [4.69, 9.17) is 0 Å². The molecule has 1 aromatic carbocycles. The SMILES string of the molecule is Cc1ccccc1C(C#N)C(=O)c1cn(C)cn1. The van der Waals surface area contributed by atoms with Crippen molar-refractivity contribution in [1.29, 1.82) is 5.26 Å². The monoisotopic (exact) mass is 239 g/mol. The van der Waals surface area contributed by atoms with Gasteiger partial charge in [-0.05, 0) is 18.1 Å². The van der Waals surface area contributed by atoms with Crippen LogP contribution in [0.3, 0.4) is 0 Å². The first-order valence-corrected chi connectivity index (χ1v) is 5.61. The van der Waals surface area contributed by atoms with Gasteiger partial charge in [-0.2, -0.15) is 5.26 Å². The summed E-state index contributed by atoms with van der Waals surface area (Å²) in [6, 6.07) is 9.49. The van der Waals surface area contributed by atoms with Crippen LogP contribution < -0.4 is 0 Å². The van der Waals surface area contributed by atoms with Crippen LogP contribution in [0, 0.1) is 18.3 Å². The Morgan fingerprint density at radius 3 is 2.72 bits per heavy atom. The van der Waals surface area contributed by atoms with E-state index in [0.717, 1.165) is 11.1 Å². The summed E-state index contributed by atoms with van der Waals surface area (Å²) in [5, 5.41) is 9.24. The third-order valence-electron chi connectivity index (χ3n) is 2.85. The molecule has 90 valence electrons. The highest BCUT2D eigenvalue weighted by Gasteiger charge is 2.24. The number of aryl methyl sites for hydroxylation is 2. The molecule has 1 unspecified atom stereocenters. The number of hydrogen-bond acceptors (Lipinski definition) is 3. The zero-order valence-corrected chi connectivity index (χ0v) is 10.3. The molecule has 0 aliphatic heterocycles. The van der Waals surface area contributed by atoms with Gasteiger partial charge >= 0.3 is 0 Å². The fourth-order valence-corrected chi connectivity index (χ4v) is 1.87. The van der Waals surface area contributed by atoms with Crippen molar-refractivity contribution in [2.45, 2.75) is 12.8 Å². The van der Waals surface area contributed by atoms with Crippen molar-refractivity contribution in [3.63, 3.8) is 0 Å². The van der Waals surface area contributed by atoms with Gasteiger partial charge in [-0.3, -0.25) is 4.79 Å². The molecule has 0 amide bonds. The summed E-state index contributed by atoms with van der Waals surface area (Å²) in [5.41, 5.74) is 2.01. The molecule has 4 nitrogen and oxygen atoms in total. The van der Waals surface area contributed by atoms with E-state index in [1.807, 2.05) is 31.2 Å². The lowest BCUT2D eigenvalue weighted by atomic mass is 9.91. The molecule has 0 radical (unpaired) electrons. The number of carbonyl (C=O) groups excluding carboxylic acids is 1. The van der Waals surface area contributed by atoms with Crippen molar-refractivity contribution in [3.05, 3.63) is 53.6 Å². The van der Waals surface area contributed by atoms with Crippen molar-refractivity contribution in [1.82, 2.24) is 9.55 Å². The van der Waals surface area contributed by atoms with Gasteiger partial charge in [0.25, 0.3) is 0 Å². The smallest absolute Gasteiger partial charge is 0.204 e. The Labute approximate surface area is 106 Å². The second-order valence-corrected chi connectivity index (χ2v) is 4.21. The molecule has 0 saturated heterocycles. The first kappa shape index (κ1) is 12.1. The van der Waals surface area contributed by atoms with Gasteiger partial charge in [0.2, 0.25) is 5.78 Å². The fourth-order valence-electron chi connectivity index (χ4n) is 1.87. The van der Waals surface area contributed by atoms with E-state index >= 15 is 0 Å². The van der Waals surface area contributed by atoms with Crippen LogP contribution in [0.25, 0.3) is 0 Å². The summed E-state index contributed by atoms with van der Waals surface area (Å²) in [4.78, 5) is 16.2. The second-order valence-electron chi connectivity index (χ2n) is 4.21. The van der Waals surface area contributed by atoms with Crippen LogP contribution in [0.1, 0.15) is 27.5 Å². The van der Waals surface area contributed by atoms with E-state index in [1.165, 1.54) is 0 Å². The molecule has 0 fully saturated rings. The molecule has 0 aliphatic rings. The van der Waals surface area contributed by atoms with E-state index in [0.29, 0.717) is 5.69 Å². The van der Waals surface area contributed by atoms with Crippen LogP contribution in [0.15, 0.2) is 36.8 Å². The van der Waals surface area contributed by atoms with E-state index < -0.39 is 5.92 Å². The molecule has 1 aromatic heterocycles. The second kappa shape index (κ2) is 4.84. The van der Waals surface area contributed by atoms with Crippen molar-refractivity contribution in [3.8, 4) is 6.07 Å². The lowest BCUT2D eigenvalue weighted by Crippen LogP contribution is -2.12. The molecular weight excluding hydrogens is 226 g/mol. The van der Waals surface area contributed by atoms with Crippen molar-refractivity contribution < 1.29 is 4.79 Å². The summed E-state index contributed by atoms with van der Waals surface area (Å²) < 4.78 is 1.69. The number of nitriles is 1. The predicted molar refractivity (Wildman–Crippen MR) is 67.1 cm³/mol. The van der Waals surface area contributed by atoms with Gasteiger partial charge in [0.05, 0.1) is 12.4 Å². The van der Waals surface area contributed by atoms with Crippen LogP contribution in [0.2, 0.25) is 0 Å². The van der Waals surface area contributed by atoms with Crippen LogP contribution in [0.5, 0.6) is 0 Å². The van der Waals surface area contributed by atoms with Gasteiger partial charge in [0, 0.05) is 13.2 Å². The molecule has 0 saturated carbocycles. The summed E-state index contributed by atoms with van der Waals surface area (Å²) in [7, 11) is 1.79. The van der Waals surface area contributed by atoms with E-state index in [2.05, 4.69) is 11.1 Å². The number of aromatic nitrogens is 2. The predicted octanol–water partition coefficient (Wildman–Crippen LogP) is 2.22. The quantitative estimate of drug-likeness (QED) is 0.771. The fraction of sp³-hybridized carbons (Fsp3) is 0.214. The number of imidazole rings is 1. The highest BCUT2D eigenvalue weighted by Crippen LogP contribution is 2.22. The summed E-state index contributed by atoms with van der Waals surface area (Å²) >= 11 is 0. The van der Waals surface area contributed by atoms with Crippen molar-refractivity contribution in [2.75, 3.05) is 0 Å². The lowest BCUT2D eigenvalue weighted by Gasteiger charge is -2.09. The Bertz CT molecular complexity index is 622. The third-order valence-corrected chi connectivity index (χ3v) is 2.85. The molecular formula is C14H13N3O. The first-order chi connectivity index (χ1) is 8.63. The van der Waals surface area contributed by atoms with Gasteiger partial charge in [-0.15, -0.1) is 0 Å². The van der Waals surface area contributed by atoms with Gasteiger partial charge in [-0.1, -0.05) is 24.3 Å². The normalized spacial score (nSPS) is 11.8. The largest absolute Gasteiger partial charge is 0.340 e. The molecule has 0 aliphatic carbocycles. The average Bonchev–Trinajstić information content (AvgIpc) is 2.79. The van der Waals surface area contributed by atoms with Gasteiger partial charge in [-0.25, -0.2) is 4.98 Å². The molecule has 0 N–H and O–H groups in total. The Kier molecular flexibility index (Phi) is 3.24. The molecule has 4 heteroatoms. The first-order valence-electron chi connectivity index (χ1n) is 5.61. The molecule has 1 atom stereocenters.